The van der Waals surface area contributed by atoms with Crippen molar-refractivity contribution in [3.63, 3.8) is 0 Å². The predicted octanol–water partition coefficient (Wildman–Crippen LogP) is 3.76. The number of benzene rings is 1. The first kappa shape index (κ1) is 24.7. The number of carbonyl (C=O) groups excluding carboxylic acids is 2. The van der Waals surface area contributed by atoms with Gasteiger partial charge in [-0.15, -0.1) is 0 Å². The molecule has 3 fully saturated rings. The van der Waals surface area contributed by atoms with Gasteiger partial charge < -0.3 is 9.47 Å². The number of ether oxygens (including phenoxy) is 2. The fourth-order valence-corrected chi connectivity index (χ4v) is 6.85. The predicted molar refractivity (Wildman–Crippen MR) is 137 cm³/mol. The molecule has 0 spiro atoms. The van der Waals surface area contributed by atoms with Gasteiger partial charge in [-0.3, -0.25) is 23.5 Å². The number of fused-ring (bicyclic) bond motifs is 3. The van der Waals surface area contributed by atoms with E-state index in [0.717, 1.165) is 5.56 Å². The maximum absolute atomic E-state index is 14.1. The van der Waals surface area contributed by atoms with Crippen LogP contribution in [0.4, 0.5) is 0 Å². The Balaban J connectivity index is 1.91. The van der Waals surface area contributed by atoms with E-state index in [1.54, 1.807) is 27.7 Å². The molecule has 0 saturated carbocycles. The molecule has 6 atom stereocenters. The van der Waals surface area contributed by atoms with Gasteiger partial charge in [-0.05, 0) is 59.4 Å². The summed E-state index contributed by atoms with van der Waals surface area (Å²) in [5.74, 6) is -1.11. The van der Waals surface area contributed by atoms with Gasteiger partial charge in [-0.2, -0.15) is 0 Å². The molecule has 1 aromatic rings. The molecule has 1 aromatic carbocycles. The topological polar surface area (TPSA) is 103 Å². The highest BCUT2D eigenvalue weighted by Crippen LogP contribution is 2.49. The van der Waals surface area contributed by atoms with Crippen molar-refractivity contribution in [2.45, 2.75) is 83.7 Å². The van der Waals surface area contributed by atoms with E-state index in [-0.39, 0.29) is 24.2 Å². The minimum atomic E-state index is -4.23. The highest BCUT2D eigenvalue weighted by atomic mass is 31.2. The highest BCUT2D eigenvalue weighted by molar-refractivity contribution is 7.51. The number of hydrogen-bond acceptors (Lipinski definition) is 8. The van der Waals surface area contributed by atoms with Crippen LogP contribution in [-0.4, -0.2) is 73.3 Å². The summed E-state index contributed by atoms with van der Waals surface area (Å²) in [4.78, 5) is 28.5. The molecule has 0 amide bonds. The minimum absolute atomic E-state index is 0.0320. The van der Waals surface area contributed by atoms with Crippen molar-refractivity contribution in [2.24, 2.45) is 5.92 Å². The fourth-order valence-electron chi connectivity index (χ4n) is 5.14. The van der Waals surface area contributed by atoms with Crippen molar-refractivity contribution in [2.75, 3.05) is 26.8 Å². The molecule has 3 saturated heterocycles. The Morgan fingerprint density at radius 3 is 2.56 bits per heavy atom. The number of rotatable bonds is 13. The van der Waals surface area contributed by atoms with Crippen molar-refractivity contribution < 1.29 is 36.8 Å². The quantitative estimate of drug-likeness (QED) is 0.303. The van der Waals surface area contributed by atoms with E-state index in [0.29, 0.717) is 19.4 Å². The van der Waals surface area contributed by atoms with Crippen LogP contribution in [0.3, 0.4) is 0 Å². The molecule has 3 aliphatic heterocycles. The van der Waals surface area contributed by atoms with Crippen LogP contribution in [0.25, 0.3) is 0 Å². The number of esters is 1. The third-order valence-corrected chi connectivity index (χ3v) is 8.42. The zero-order valence-electron chi connectivity index (χ0n) is 24.8. The van der Waals surface area contributed by atoms with Crippen molar-refractivity contribution in [1.82, 2.24) is 9.99 Å². The Kier molecular flexibility index (Phi) is 8.44. The molecule has 3 aliphatic rings. The van der Waals surface area contributed by atoms with Crippen LogP contribution in [0.2, 0.25) is 0 Å². The summed E-state index contributed by atoms with van der Waals surface area (Å²) in [6.45, 7) is 8.39. The number of methoxy groups -OCH3 is 1. The summed E-state index contributed by atoms with van der Waals surface area (Å²) in [5.41, 5.74) is -0.658. The molecule has 0 radical (unpaired) electrons. The van der Waals surface area contributed by atoms with E-state index >= 15 is 0 Å². The van der Waals surface area contributed by atoms with E-state index < -0.39 is 57.8 Å². The highest BCUT2D eigenvalue weighted by Gasteiger charge is 2.56. The van der Waals surface area contributed by atoms with Crippen LogP contribution in [0.15, 0.2) is 30.3 Å². The molecular weight excluding hydrogens is 483 g/mol. The van der Waals surface area contributed by atoms with Crippen molar-refractivity contribution >= 4 is 19.5 Å². The van der Waals surface area contributed by atoms with E-state index in [4.69, 9.17) is 22.6 Å². The molecule has 10 heteroatoms. The second-order valence-corrected chi connectivity index (χ2v) is 12.0. The van der Waals surface area contributed by atoms with E-state index in [9.17, 15) is 14.2 Å². The lowest BCUT2D eigenvalue weighted by molar-refractivity contribution is -0.164. The maximum atomic E-state index is 14.1. The Labute approximate surface area is 219 Å². The lowest BCUT2D eigenvalue weighted by Gasteiger charge is -2.55. The van der Waals surface area contributed by atoms with Crippen LogP contribution in [-0.2, 0) is 39.1 Å². The standard InChI is InChI=1S/C26H41N2O7P/c1-18(2)34-25(30)23(15-21-10-8-7-9-11-21)27-36(31,35-19(3)4)33-17-26(16-32-6)24(29)22-12-13-28(26)20(5)14-22/h7-11,18-20,22-23H,12-17H2,1-6H3,(H,27,31)/t20-,22+,23+,26+,36?/m1/s1/i6D3. The van der Waals surface area contributed by atoms with Gasteiger partial charge in [0.15, 0.2) is 5.78 Å². The molecule has 3 heterocycles. The molecule has 4 rings (SSSR count). The normalized spacial score (nSPS) is 29.9. The number of ketones is 1. The zero-order chi connectivity index (χ0) is 29.0. The van der Waals surface area contributed by atoms with E-state index in [2.05, 4.69) is 5.09 Å². The maximum Gasteiger partial charge on any atom is 0.406 e. The van der Waals surface area contributed by atoms with Gasteiger partial charge in [0.1, 0.15) is 11.6 Å². The summed E-state index contributed by atoms with van der Waals surface area (Å²) >= 11 is 0. The van der Waals surface area contributed by atoms with E-state index in [1.165, 1.54) is 0 Å². The molecule has 2 bridgehead atoms. The summed E-state index contributed by atoms with van der Waals surface area (Å²) in [6, 6.07) is 8.06. The molecule has 0 aliphatic carbocycles. The van der Waals surface area contributed by atoms with Gasteiger partial charge in [0.2, 0.25) is 0 Å². The average Bonchev–Trinajstić information content (AvgIpc) is 2.82. The SMILES string of the molecule is [2H]C([2H])([2H])OC[C@]1(COP(=O)(N[C@@H](Cc2ccccc2)C(=O)OC(C)C)OC(C)C)C(=O)[C@H]2CCN1[C@H](C)C2. The van der Waals surface area contributed by atoms with E-state index in [1.807, 2.05) is 42.2 Å². The summed E-state index contributed by atoms with van der Waals surface area (Å²) in [7, 11) is -6.96. The second-order valence-electron chi connectivity index (χ2n) is 10.2. The van der Waals surface area contributed by atoms with Crippen LogP contribution < -0.4 is 5.09 Å². The van der Waals surface area contributed by atoms with Gasteiger partial charge in [0.25, 0.3) is 0 Å². The van der Waals surface area contributed by atoms with Crippen molar-refractivity contribution in [3.05, 3.63) is 35.9 Å². The third-order valence-electron chi connectivity index (χ3n) is 6.62. The first-order valence-electron chi connectivity index (χ1n) is 14.0. The zero-order valence-corrected chi connectivity index (χ0v) is 22.7. The second kappa shape index (κ2) is 12.3. The Hall–Kier alpha value is -1.61. The lowest BCUT2D eigenvalue weighted by Crippen LogP contribution is -2.71. The lowest BCUT2D eigenvalue weighted by atomic mass is 9.71. The fraction of sp³-hybridized carbons (Fsp3) is 0.692. The number of Topliss-reactive ketones (excluding diaryl/α,β-unsaturated/α-hetero) is 1. The average molecular weight is 528 g/mol. The molecule has 2 unspecified atom stereocenters. The minimum Gasteiger partial charge on any atom is -0.462 e. The van der Waals surface area contributed by atoms with Crippen LogP contribution in [0.5, 0.6) is 0 Å². The van der Waals surface area contributed by atoms with Crippen molar-refractivity contribution in [1.29, 1.82) is 0 Å². The van der Waals surface area contributed by atoms with Crippen molar-refractivity contribution in [3.8, 4) is 0 Å². The third kappa shape index (κ3) is 6.82. The van der Waals surface area contributed by atoms with Gasteiger partial charge in [-0.25, -0.2) is 9.65 Å². The monoisotopic (exact) mass is 527 g/mol. The summed E-state index contributed by atoms with van der Waals surface area (Å²) in [5, 5.41) is 2.77. The van der Waals surface area contributed by atoms with Crippen LogP contribution in [0.1, 0.15) is 57.1 Å². The first-order valence-corrected chi connectivity index (χ1v) is 14.1. The molecular formula is C26H41N2O7P. The summed E-state index contributed by atoms with van der Waals surface area (Å²) < 4.78 is 59.0. The van der Waals surface area contributed by atoms with Crippen LogP contribution in [0, 0.1) is 5.92 Å². The Bertz CT molecular complexity index is 1040. The molecule has 1 N–H and O–H groups in total. The van der Waals surface area contributed by atoms with Gasteiger partial charge >= 0.3 is 13.7 Å². The molecule has 9 nitrogen and oxygen atoms in total. The van der Waals surface area contributed by atoms with Gasteiger partial charge in [0, 0.05) is 25.5 Å². The number of piperidine rings is 3. The molecule has 0 aromatic heterocycles. The first-order chi connectivity index (χ1) is 18.1. The van der Waals surface area contributed by atoms with Gasteiger partial charge in [-0.1, -0.05) is 30.3 Å². The number of nitrogens with one attached hydrogen (secondary N) is 1. The molecule has 202 valence electrons. The number of hydrogen-bond donors (Lipinski definition) is 1. The largest absolute Gasteiger partial charge is 0.462 e. The number of nitrogens with zero attached hydrogens (tertiary/aromatic N) is 1. The molecule has 36 heavy (non-hydrogen) atoms. The number of carbonyl (C=O) groups is 2. The smallest absolute Gasteiger partial charge is 0.406 e. The van der Waals surface area contributed by atoms with Gasteiger partial charge in [0.05, 0.1) is 29.5 Å². The summed E-state index contributed by atoms with van der Waals surface area (Å²) in [6.07, 6.45) is 0.478. The Morgan fingerprint density at radius 1 is 1.22 bits per heavy atom. The van der Waals surface area contributed by atoms with Crippen LogP contribution >= 0.6 is 7.75 Å². The Morgan fingerprint density at radius 2 is 1.94 bits per heavy atom.